The van der Waals surface area contributed by atoms with Gasteiger partial charge < -0.3 is 19.7 Å². The average molecular weight is 661 g/mol. The van der Waals surface area contributed by atoms with Crippen molar-refractivity contribution in [3.8, 4) is 17.2 Å². The number of nitrogens with one attached hydrogen (secondary N) is 1. The van der Waals surface area contributed by atoms with Gasteiger partial charge in [-0.2, -0.15) is 17.9 Å². The number of hydrogen-bond donors (Lipinski definition) is 2. The van der Waals surface area contributed by atoms with E-state index in [2.05, 4.69) is 27.4 Å². The second-order valence-electron chi connectivity index (χ2n) is 9.51. The van der Waals surface area contributed by atoms with E-state index < -0.39 is 17.5 Å². The average Bonchev–Trinajstić information content (AvgIpc) is 3.31. The van der Waals surface area contributed by atoms with Crippen LogP contribution in [-0.4, -0.2) is 58.4 Å². The summed E-state index contributed by atoms with van der Waals surface area (Å²) < 4.78 is 44.5. The molecule has 0 radical (unpaired) electrons. The van der Waals surface area contributed by atoms with E-state index in [4.69, 9.17) is 16.0 Å². The van der Waals surface area contributed by atoms with Crippen LogP contribution in [0.5, 0.6) is 5.75 Å². The van der Waals surface area contributed by atoms with Gasteiger partial charge in [0, 0.05) is 49.1 Å². The molecule has 1 aliphatic rings. The van der Waals surface area contributed by atoms with E-state index in [1.165, 1.54) is 12.1 Å². The largest absolute Gasteiger partial charge is 0.508 e. The molecule has 3 aromatic carbocycles. The van der Waals surface area contributed by atoms with Crippen LogP contribution in [0.25, 0.3) is 11.5 Å². The summed E-state index contributed by atoms with van der Waals surface area (Å²) in [7, 11) is 0. The lowest BCUT2D eigenvalue weighted by Crippen LogP contribution is -2.48. The number of phenols is 1. The van der Waals surface area contributed by atoms with Crippen LogP contribution >= 0.6 is 36.4 Å². The quantitative estimate of drug-likeness (QED) is 0.269. The van der Waals surface area contributed by atoms with Gasteiger partial charge in [0.05, 0.1) is 29.4 Å². The molecule has 0 bridgehead atoms. The zero-order valence-electron chi connectivity index (χ0n) is 22.4. The Morgan fingerprint density at radius 1 is 1.00 bits per heavy atom. The van der Waals surface area contributed by atoms with Gasteiger partial charge >= 0.3 is 11.9 Å². The van der Waals surface area contributed by atoms with E-state index in [-0.39, 0.29) is 77.3 Å². The molecule has 0 spiro atoms. The molecule has 4 aromatic rings. The van der Waals surface area contributed by atoms with Crippen molar-refractivity contribution >= 4 is 53.7 Å². The minimum Gasteiger partial charge on any atom is -0.508 e. The highest BCUT2D eigenvalue weighted by molar-refractivity contribution is 6.33. The molecule has 5 rings (SSSR count). The SMILES string of the molecule is Cl.Cl.O=C(CN1CCN(c2ccccc2)CC1)Nc1cc(O)c(Cn2nc(-c3ccc(C(F)(F)F)cc3)oc2=O)cc1Cl. The maximum absolute atomic E-state index is 12.8. The van der Waals surface area contributed by atoms with Gasteiger partial charge in [0.15, 0.2) is 0 Å². The molecular weight excluding hydrogens is 634 g/mol. The summed E-state index contributed by atoms with van der Waals surface area (Å²) in [4.78, 5) is 29.3. The molecule has 2 heterocycles. The summed E-state index contributed by atoms with van der Waals surface area (Å²) in [6.45, 7) is 2.92. The first-order chi connectivity index (χ1) is 19.6. The molecule has 2 N–H and O–H groups in total. The third-order valence-electron chi connectivity index (χ3n) is 6.69. The number of anilines is 2. The van der Waals surface area contributed by atoms with Crippen LogP contribution in [0, 0.1) is 0 Å². The highest BCUT2D eigenvalue weighted by atomic mass is 35.5. The van der Waals surface area contributed by atoms with Crippen LogP contribution in [-0.2, 0) is 17.5 Å². The Morgan fingerprint density at radius 2 is 1.65 bits per heavy atom. The number of benzene rings is 3. The van der Waals surface area contributed by atoms with E-state index in [0.29, 0.717) is 13.1 Å². The number of piperazine rings is 1. The molecule has 15 heteroatoms. The fourth-order valence-electron chi connectivity index (χ4n) is 4.51. The molecule has 0 unspecified atom stereocenters. The van der Waals surface area contributed by atoms with Gasteiger partial charge in [0.25, 0.3) is 0 Å². The number of halogens is 6. The second kappa shape index (κ2) is 14.2. The van der Waals surface area contributed by atoms with E-state index in [0.717, 1.165) is 47.7 Å². The number of aromatic nitrogens is 2. The minimum atomic E-state index is -4.50. The van der Waals surface area contributed by atoms with Gasteiger partial charge in [0.1, 0.15) is 5.75 Å². The molecule has 0 saturated carbocycles. The Morgan fingerprint density at radius 3 is 2.28 bits per heavy atom. The number of amides is 1. The van der Waals surface area contributed by atoms with Crippen LogP contribution < -0.4 is 16.0 Å². The normalized spacial score (nSPS) is 13.6. The predicted molar refractivity (Wildman–Crippen MR) is 162 cm³/mol. The monoisotopic (exact) mass is 659 g/mol. The molecular formula is C28H27Cl3F3N5O4. The Hall–Kier alpha value is -3.71. The van der Waals surface area contributed by atoms with Gasteiger partial charge in [0.2, 0.25) is 11.8 Å². The van der Waals surface area contributed by atoms with E-state index in [9.17, 15) is 27.9 Å². The molecule has 1 aromatic heterocycles. The molecule has 43 heavy (non-hydrogen) atoms. The van der Waals surface area contributed by atoms with Gasteiger partial charge in [-0.3, -0.25) is 9.69 Å². The van der Waals surface area contributed by atoms with Gasteiger partial charge in [-0.15, -0.1) is 29.9 Å². The zero-order valence-corrected chi connectivity index (χ0v) is 24.8. The van der Waals surface area contributed by atoms with E-state index >= 15 is 0 Å². The molecule has 1 aliphatic heterocycles. The number of rotatable bonds is 7. The van der Waals surface area contributed by atoms with Crippen LogP contribution in [0.1, 0.15) is 11.1 Å². The summed E-state index contributed by atoms with van der Waals surface area (Å²) in [5.74, 6) is -1.59. The number of phenolic OH excluding ortho intramolecular Hbond substituents is 1. The van der Waals surface area contributed by atoms with Gasteiger partial charge in [-0.1, -0.05) is 29.8 Å². The smallest absolute Gasteiger partial charge is 0.437 e. The topological polar surface area (TPSA) is 104 Å². The lowest BCUT2D eigenvalue weighted by atomic mass is 10.1. The van der Waals surface area contributed by atoms with Crippen molar-refractivity contribution in [2.24, 2.45) is 0 Å². The Labute approximate surface area is 261 Å². The van der Waals surface area contributed by atoms with E-state index in [1.807, 2.05) is 23.1 Å². The number of aromatic hydroxyl groups is 1. The third kappa shape index (κ3) is 8.23. The first-order valence-electron chi connectivity index (χ1n) is 12.7. The Bertz CT molecular complexity index is 1590. The van der Waals surface area contributed by atoms with Crippen molar-refractivity contribution in [1.29, 1.82) is 0 Å². The van der Waals surface area contributed by atoms with Gasteiger partial charge in [-0.05, 0) is 42.5 Å². The molecule has 1 amide bonds. The summed E-state index contributed by atoms with van der Waals surface area (Å²) in [5.41, 5.74) is 0.900. The van der Waals surface area contributed by atoms with Crippen molar-refractivity contribution in [3.63, 3.8) is 0 Å². The summed E-state index contributed by atoms with van der Waals surface area (Å²) in [6.07, 6.45) is -4.50. The van der Waals surface area contributed by atoms with Crippen molar-refractivity contribution in [1.82, 2.24) is 14.7 Å². The highest BCUT2D eigenvalue weighted by Crippen LogP contribution is 2.32. The number of para-hydroxylation sites is 1. The fraction of sp³-hybridized carbons (Fsp3) is 0.250. The minimum absolute atomic E-state index is 0. The molecule has 9 nitrogen and oxygen atoms in total. The standard InChI is InChI=1S/C28H25ClF3N5O4.2ClH/c29-22-14-19(16-37-27(40)41-26(34-37)18-6-8-20(9-7-18)28(30,31)32)24(38)15-23(22)33-25(39)17-35-10-12-36(13-11-35)21-4-2-1-3-5-21;;/h1-9,14-15,38H,10-13,16-17H2,(H,33,39);2*1H. The summed E-state index contributed by atoms with van der Waals surface area (Å²) >= 11 is 6.36. The molecule has 230 valence electrons. The summed E-state index contributed by atoms with van der Waals surface area (Å²) in [5, 5.41) is 17.4. The lowest BCUT2D eigenvalue weighted by molar-refractivity contribution is -0.137. The number of hydrogen-bond acceptors (Lipinski definition) is 7. The molecule has 1 saturated heterocycles. The maximum Gasteiger partial charge on any atom is 0.437 e. The maximum atomic E-state index is 12.8. The van der Waals surface area contributed by atoms with Crippen molar-refractivity contribution < 1.29 is 27.5 Å². The Balaban J connectivity index is 0.00000253. The predicted octanol–water partition coefficient (Wildman–Crippen LogP) is 5.53. The fourth-order valence-corrected chi connectivity index (χ4v) is 4.74. The number of alkyl halides is 3. The number of carbonyl (C=O) groups excluding carboxylic acids is 1. The molecule has 0 atom stereocenters. The van der Waals surface area contributed by atoms with Crippen molar-refractivity contribution in [3.05, 3.63) is 93.4 Å². The molecule has 0 aliphatic carbocycles. The van der Waals surface area contributed by atoms with Crippen molar-refractivity contribution in [2.45, 2.75) is 12.7 Å². The van der Waals surface area contributed by atoms with Crippen molar-refractivity contribution in [2.75, 3.05) is 42.9 Å². The van der Waals surface area contributed by atoms with E-state index in [1.54, 1.807) is 0 Å². The Kier molecular flexibility index (Phi) is 11.1. The highest BCUT2D eigenvalue weighted by Gasteiger charge is 2.30. The van der Waals surface area contributed by atoms with Crippen LogP contribution in [0.3, 0.4) is 0 Å². The zero-order chi connectivity index (χ0) is 29.1. The lowest BCUT2D eigenvalue weighted by Gasteiger charge is -2.35. The summed E-state index contributed by atoms with van der Waals surface area (Å²) in [6, 6.07) is 16.7. The third-order valence-corrected chi connectivity index (χ3v) is 7.00. The van der Waals surface area contributed by atoms with Crippen LogP contribution in [0.15, 0.2) is 75.9 Å². The first kappa shape index (κ1) is 33.8. The number of nitrogens with zero attached hydrogens (tertiary/aromatic N) is 4. The van der Waals surface area contributed by atoms with Crippen LogP contribution in [0.4, 0.5) is 24.5 Å². The second-order valence-corrected chi connectivity index (χ2v) is 9.92. The molecule has 1 fully saturated rings. The van der Waals surface area contributed by atoms with Gasteiger partial charge in [-0.25, -0.2) is 4.79 Å². The first-order valence-corrected chi connectivity index (χ1v) is 13.0. The van der Waals surface area contributed by atoms with Crippen LogP contribution in [0.2, 0.25) is 5.02 Å². The number of carbonyl (C=O) groups is 1.